The van der Waals surface area contributed by atoms with Gasteiger partial charge < -0.3 is 9.15 Å². The SMILES string of the molecule is COc1ccc(C(=O)N/N=C\c2ccc(-c3ccc(C)cc3[N+](=O)[O-])o2)cc1. The quantitative estimate of drug-likeness (QED) is 0.397. The molecule has 142 valence electrons. The monoisotopic (exact) mass is 379 g/mol. The van der Waals surface area contributed by atoms with Crippen LogP contribution in [0.5, 0.6) is 5.75 Å². The van der Waals surface area contributed by atoms with Gasteiger partial charge in [-0.3, -0.25) is 14.9 Å². The van der Waals surface area contributed by atoms with Crippen LogP contribution in [-0.4, -0.2) is 24.2 Å². The van der Waals surface area contributed by atoms with Crippen molar-refractivity contribution in [2.75, 3.05) is 7.11 Å². The third-order valence-corrected chi connectivity index (χ3v) is 3.95. The molecule has 1 heterocycles. The number of ether oxygens (including phenoxy) is 1. The van der Waals surface area contributed by atoms with Crippen molar-refractivity contribution >= 4 is 17.8 Å². The number of aryl methyl sites for hydroxylation is 1. The summed E-state index contributed by atoms with van der Waals surface area (Å²) in [6.07, 6.45) is 1.32. The van der Waals surface area contributed by atoms with Gasteiger partial charge in [0.1, 0.15) is 17.3 Å². The van der Waals surface area contributed by atoms with Gasteiger partial charge in [-0.2, -0.15) is 5.10 Å². The zero-order valence-electron chi connectivity index (χ0n) is 15.2. The number of nitro benzene ring substituents is 1. The van der Waals surface area contributed by atoms with Gasteiger partial charge in [0.05, 0.1) is 23.8 Å². The first-order valence-electron chi connectivity index (χ1n) is 8.30. The topological polar surface area (TPSA) is 107 Å². The van der Waals surface area contributed by atoms with E-state index in [1.165, 1.54) is 12.3 Å². The molecule has 0 saturated carbocycles. The number of nitro groups is 1. The van der Waals surface area contributed by atoms with Crippen LogP contribution in [-0.2, 0) is 0 Å². The van der Waals surface area contributed by atoms with Crippen LogP contribution in [0.2, 0.25) is 0 Å². The average Bonchev–Trinajstić information content (AvgIpc) is 3.16. The van der Waals surface area contributed by atoms with E-state index in [-0.39, 0.29) is 11.6 Å². The molecule has 3 aromatic rings. The van der Waals surface area contributed by atoms with Crippen molar-refractivity contribution in [1.82, 2.24) is 5.43 Å². The van der Waals surface area contributed by atoms with Crippen LogP contribution < -0.4 is 10.2 Å². The summed E-state index contributed by atoms with van der Waals surface area (Å²) >= 11 is 0. The normalized spacial score (nSPS) is 10.8. The predicted molar refractivity (Wildman–Crippen MR) is 104 cm³/mol. The molecule has 8 heteroatoms. The first-order chi connectivity index (χ1) is 13.5. The fourth-order valence-electron chi connectivity index (χ4n) is 2.53. The summed E-state index contributed by atoms with van der Waals surface area (Å²) in [6.45, 7) is 1.78. The number of carbonyl (C=O) groups is 1. The Kier molecular flexibility index (Phi) is 5.50. The molecule has 0 aliphatic rings. The molecule has 0 aliphatic carbocycles. The van der Waals surface area contributed by atoms with Gasteiger partial charge >= 0.3 is 0 Å². The van der Waals surface area contributed by atoms with E-state index in [2.05, 4.69) is 10.5 Å². The summed E-state index contributed by atoms with van der Waals surface area (Å²) < 4.78 is 10.6. The van der Waals surface area contributed by atoms with Crippen LogP contribution in [0.1, 0.15) is 21.7 Å². The van der Waals surface area contributed by atoms with Gasteiger partial charge in [-0.25, -0.2) is 5.43 Å². The van der Waals surface area contributed by atoms with Crippen molar-refractivity contribution in [1.29, 1.82) is 0 Å². The van der Waals surface area contributed by atoms with Crippen molar-refractivity contribution in [3.63, 3.8) is 0 Å². The molecule has 0 spiro atoms. The van der Waals surface area contributed by atoms with E-state index < -0.39 is 4.92 Å². The standard InChI is InChI=1S/C20H17N3O5/c1-13-3-9-17(18(11-13)23(25)26)19-10-8-16(28-19)12-21-22-20(24)14-4-6-15(27-2)7-5-14/h3-12H,1-2H3,(H,22,24)/b21-12-. The summed E-state index contributed by atoms with van der Waals surface area (Å²) in [6, 6.07) is 14.7. The van der Waals surface area contributed by atoms with Crippen LogP contribution in [0.4, 0.5) is 5.69 Å². The second-order valence-electron chi connectivity index (χ2n) is 5.91. The molecule has 8 nitrogen and oxygen atoms in total. The number of rotatable bonds is 6. The molecule has 1 aromatic heterocycles. The summed E-state index contributed by atoms with van der Waals surface area (Å²) in [5.41, 5.74) is 3.94. The number of carbonyl (C=O) groups excluding carboxylic acids is 1. The first kappa shape index (κ1) is 18.8. The molecule has 0 fully saturated rings. The predicted octanol–water partition coefficient (Wildman–Crippen LogP) is 3.94. The third-order valence-electron chi connectivity index (χ3n) is 3.95. The third kappa shape index (κ3) is 4.24. The lowest BCUT2D eigenvalue weighted by molar-refractivity contribution is -0.384. The Morgan fingerprint density at radius 1 is 1.18 bits per heavy atom. The van der Waals surface area contributed by atoms with Gasteiger partial charge in [-0.1, -0.05) is 6.07 Å². The van der Waals surface area contributed by atoms with Gasteiger partial charge in [0, 0.05) is 11.6 Å². The molecule has 28 heavy (non-hydrogen) atoms. The molecule has 0 radical (unpaired) electrons. The van der Waals surface area contributed by atoms with Crippen LogP contribution in [0.3, 0.4) is 0 Å². The van der Waals surface area contributed by atoms with Crippen LogP contribution in [0.15, 0.2) is 64.1 Å². The highest BCUT2D eigenvalue weighted by molar-refractivity contribution is 5.94. The molecule has 0 aliphatic heterocycles. The minimum atomic E-state index is -0.451. The van der Waals surface area contributed by atoms with Crippen molar-refractivity contribution in [2.24, 2.45) is 5.10 Å². The number of hydrogen-bond acceptors (Lipinski definition) is 6. The average molecular weight is 379 g/mol. The second-order valence-corrected chi connectivity index (χ2v) is 5.91. The van der Waals surface area contributed by atoms with Crippen LogP contribution in [0, 0.1) is 17.0 Å². The van der Waals surface area contributed by atoms with Crippen LogP contribution in [0.25, 0.3) is 11.3 Å². The molecule has 0 saturated heterocycles. The summed E-state index contributed by atoms with van der Waals surface area (Å²) in [7, 11) is 1.54. The van der Waals surface area contributed by atoms with Crippen molar-refractivity contribution in [3.05, 3.63) is 81.6 Å². The molecule has 3 rings (SSSR count). The van der Waals surface area contributed by atoms with Gasteiger partial charge in [0.25, 0.3) is 11.6 Å². The highest BCUT2D eigenvalue weighted by atomic mass is 16.6. The Bertz CT molecular complexity index is 1040. The van der Waals surface area contributed by atoms with Gasteiger partial charge in [0.15, 0.2) is 0 Å². The summed E-state index contributed by atoms with van der Waals surface area (Å²) in [5.74, 6) is 0.947. The van der Waals surface area contributed by atoms with Gasteiger partial charge in [0.2, 0.25) is 0 Å². The van der Waals surface area contributed by atoms with Crippen molar-refractivity contribution in [2.45, 2.75) is 6.92 Å². The minimum absolute atomic E-state index is 0.0364. The van der Waals surface area contributed by atoms with E-state index in [9.17, 15) is 14.9 Å². The number of nitrogens with zero attached hydrogens (tertiary/aromatic N) is 2. The molecule has 1 amide bonds. The smallest absolute Gasteiger partial charge is 0.280 e. The molecule has 1 N–H and O–H groups in total. The number of benzene rings is 2. The molecule has 0 bridgehead atoms. The molecule has 2 aromatic carbocycles. The van der Waals surface area contributed by atoms with Gasteiger partial charge in [-0.05, 0) is 55.0 Å². The zero-order chi connectivity index (χ0) is 20.1. The fraction of sp³-hybridized carbons (Fsp3) is 0.100. The number of amides is 1. The van der Waals surface area contributed by atoms with E-state index >= 15 is 0 Å². The fourth-order valence-corrected chi connectivity index (χ4v) is 2.53. The molecule has 0 atom stereocenters. The highest BCUT2D eigenvalue weighted by Crippen LogP contribution is 2.31. The van der Waals surface area contributed by atoms with E-state index in [1.54, 1.807) is 62.6 Å². The van der Waals surface area contributed by atoms with E-state index in [0.29, 0.717) is 28.4 Å². The minimum Gasteiger partial charge on any atom is -0.497 e. The number of nitrogens with one attached hydrogen (secondary N) is 1. The molecular weight excluding hydrogens is 362 g/mol. The zero-order valence-corrected chi connectivity index (χ0v) is 15.2. The summed E-state index contributed by atoms with van der Waals surface area (Å²) in [4.78, 5) is 22.8. The van der Waals surface area contributed by atoms with Crippen LogP contribution >= 0.6 is 0 Å². The maximum absolute atomic E-state index is 12.0. The number of hydrogen-bond donors (Lipinski definition) is 1. The Morgan fingerprint density at radius 2 is 1.93 bits per heavy atom. The Labute approximate surface area is 160 Å². The van der Waals surface area contributed by atoms with E-state index in [4.69, 9.17) is 9.15 Å². The lowest BCUT2D eigenvalue weighted by Crippen LogP contribution is -2.17. The Hall–Kier alpha value is -3.94. The number of furan rings is 1. The maximum atomic E-state index is 12.0. The number of hydrazone groups is 1. The van der Waals surface area contributed by atoms with E-state index in [1.807, 2.05) is 0 Å². The number of methoxy groups -OCH3 is 1. The first-order valence-corrected chi connectivity index (χ1v) is 8.30. The lowest BCUT2D eigenvalue weighted by atomic mass is 10.1. The highest BCUT2D eigenvalue weighted by Gasteiger charge is 2.18. The van der Waals surface area contributed by atoms with Crippen molar-refractivity contribution < 1.29 is 18.9 Å². The summed E-state index contributed by atoms with van der Waals surface area (Å²) in [5, 5.41) is 15.1. The lowest BCUT2D eigenvalue weighted by Gasteiger charge is -2.02. The van der Waals surface area contributed by atoms with Gasteiger partial charge in [-0.15, -0.1) is 0 Å². The van der Waals surface area contributed by atoms with Crippen molar-refractivity contribution in [3.8, 4) is 17.1 Å². The Morgan fingerprint density at radius 3 is 2.61 bits per heavy atom. The van der Waals surface area contributed by atoms with E-state index in [0.717, 1.165) is 5.56 Å². The molecular formula is C20H17N3O5. The maximum Gasteiger partial charge on any atom is 0.280 e. The molecule has 0 unspecified atom stereocenters. The Balaban J connectivity index is 1.71. The largest absolute Gasteiger partial charge is 0.497 e. The second kappa shape index (κ2) is 8.17.